The zero-order valence-electron chi connectivity index (χ0n) is 14.8. The molecule has 2 rings (SSSR count). The van der Waals surface area contributed by atoms with Gasteiger partial charge in [0.2, 0.25) is 0 Å². The fourth-order valence-electron chi connectivity index (χ4n) is 3.08. The lowest BCUT2D eigenvalue weighted by Gasteiger charge is -2.20. The highest BCUT2D eigenvalue weighted by Gasteiger charge is 2.24. The van der Waals surface area contributed by atoms with E-state index in [1.807, 2.05) is 6.92 Å². The molecule has 0 aromatic heterocycles. The summed E-state index contributed by atoms with van der Waals surface area (Å²) in [5, 5.41) is 0. The highest BCUT2D eigenvalue weighted by molar-refractivity contribution is 7.86. The molecule has 2 aromatic carbocycles. The van der Waals surface area contributed by atoms with E-state index in [0.717, 1.165) is 11.1 Å². The predicted molar refractivity (Wildman–Crippen MR) is 98.7 cm³/mol. The highest BCUT2D eigenvalue weighted by Crippen LogP contribution is 2.32. The van der Waals surface area contributed by atoms with Gasteiger partial charge in [0.15, 0.2) is 0 Å². The van der Waals surface area contributed by atoms with Gasteiger partial charge in [-0.2, -0.15) is 16.8 Å². The van der Waals surface area contributed by atoms with E-state index in [4.69, 9.17) is 0 Å². The standard InChI is InChI=1S/C18H22O6S2/c1-4-14(16-10-13(3)6-8-18(16)26(22,23)24)11-15-9-12(2)5-7-17(15)25(19,20)21/h5-10,14H,4,11H2,1-3H3,(H,19,20,21)(H,22,23,24)/t14-/m1/s1. The van der Waals surface area contributed by atoms with Crippen LogP contribution in [0.4, 0.5) is 0 Å². The fourth-order valence-corrected chi connectivity index (χ4v) is 4.56. The molecule has 2 aromatic rings. The second-order valence-electron chi connectivity index (χ2n) is 6.41. The lowest BCUT2D eigenvalue weighted by atomic mass is 9.88. The molecule has 142 valence electrons. The predicted octanol–water partition coefficient (Wildman–Crippen LogP) is 3.53. The summed E-state index contributed by atoms with van der Waals surface area (Å²) in [6.07, 6.45) is 0.726. The van der Waals surface area contributed by atoms with Crippen LogP contribution in [0.5, 0.6) is 0 Å². The van der Waals surface area contributed by atoms with Crippen LogP contribution in [0, 0.1) is 13.8 Å². The number of hydrogen-bond donors (Lipinski definition) is 2. The first-order valence-electron chi connectivity index (χ1n) is 8.08. The van der Waals surface area contributed by atoms with Crippen LogP contribution < -0.4 is 0 Å². The molecule has 2 N–H and O–H groups in total. The fraction of sp³-hybridized carbons (Fsp3) is 0.333. The number of benzene rings is 2. The Kier molecular flexibility index (Phi) is 5.92. The summed E-state index contributed by atoms with van der Waals surface area (Å²) in [6.45, 7) is 5.46. The van der Waals surface area contributed by atoms with Crippen molar-refractivity contribution < 1.29 is 25.9 Å². The second kappa shape index (κ2) is 7.48. The van der Waals surface area contributed by atoms with Crippen molar-refractivity contribution in [2.24, 2.45) is 0 Å². The number of rotatable bonds is 6. The Morgan fingerprint density at radius 3 is 1.85 bits per heavy atom. The van der Waals surface area contributed by atoms with Gasteiger partial charge < -0.3 is 0 Å². The minimum Gasteiger partial charge on any atom is -0.282 e. The van der Waals surface area contributed by atoms with E-state index in [-0.39, 0.29) is 22.1 Å². The molecule has 0 bridgehead atoms. The summed E-state index contributed by atoms with van der Waals surface area (Å²) in [6, 6.07) is 9.21. The molecule has 0 aliphatic rings. The zero-order chi connectivity index (χ0) is 19.7. The van der Waals surface area contributed by atoms with Crippen molar-refractivity contribution in [3.63, 3.8) is 0 Å². The highest BCUT2D eigenvalue weighted by atomic mass is 32.2. The zero-order valence-corrected chi connectivity index (χ0v) is 16.4. The number of hydrogen-bond acceptors (Lipinski definition) is 4. The van der Waals surface area contributed by atoms with Crippen LogP contribution in [-0.2, 0) is 26.7 Å². The average Bonchev–Trinajstić information content (AvgIpc) is 2.50. The molecule has 0 unspecified atom stereocenters. The largest absolute Gasteiger partial charge is 0.294 e. The average molecular weight is 399 g/mol. The van der Waals surface area contributed by atoms with Crippen LogP contribution in [0.2, 0.25) is 0 Å². The molecule has 0 heterocycles. The monoisotopic (exact) mass is 398 g/mol. The summed E-state index contributed by atoms with van der Waals surface area (Å²) in [7, 11) is -8.81. The van der Waals surface area contributed by atoms with Crippen LogP contribution in [0.3, 0.4) is 0 Å². The van der Waals surface area contributed by atoms with Crippen molar-refractivity contribution in [1.29, 1.82) is 0 Å². The molecule has 0 saturated heterocycles. The SMILES string of the molecule is CC[C@H](Cc1cc(C)ccc1S(=O)(=O)O)c1cc(C)ccc1S(=O)(=O)O. The Morgan fingerprint density at radius 2 is 1.35 bits per heavy atom. The third kappa shape index (κ3) is 4.70. The molecule has 0 aliphatic carbocycles. The molecule has 0 spiro atoms. The lowest BCUT2D eigenvalue weighted by Crippen LogP contribution is -2.12. The Balaban J connectivity index is 2.60. The van der Waals surface area contributed by atoms with Gasteiger partial charge in [-0.05, 0) is 55.9 Å². The van der Waals surface area contributed by atoms with Gasteiger partial charge in [-0.3, -0.25) is 9.11 Å². The maximum atomic E-state index is 11.7. The van der Waals surface area contributed by atoms with E-state index in [9.17, 15) is 25.9 Å². The van der Waals surface area contributed by atoms with Crippen LogP contribution in [-0.4, -0.2) is 25.9 Å². The van der Waals surface area contributed by atoms with Crippen molar-refractivity contribution in [1.82, 2.24) is 0 Å². The second-order valence-corrected chi connectivity index (χ2v) is 9.19. The van der Waals surface area contributed by atoms with E-state index in [1.165, 1.54) is 12.1 Å². The summed E-state index contributed by atoms with van der Waals surface area (Å²) in [4.78, 5) is -0.376. The summed E-state index contributed by atoms with van der Waals surface area (Å²) < 4.78 is 65.8. The lowest BCUT2D eigenvalue weighted by molar-refractivity contribution is 0.476. The molecule has 0 radical (unpaired) electrons. The molecule has 0 amide bonds. The van der Waals surface area contributed by atoms with E-state index < -0.39 is 20.2 Å². The molecule has 8 heteroatoms. The summed E-state index contributed by atoms with van der Waals surface area (Å²) in [5.41, 5.74) is 2.48. The van der Waals surface area contributed by atoms with Gasteiger partial charge in [0, 0.05) is 0 Å². The van der Waals surface area contributed by atoms with E-state index in [2.05, 4.69) is 0 Å². The Hall–Kier alpha value is -1.74. The van der Waals surface area contributed by atoms with Crippen molar-refractivity contribution in [3.05, 3.63) is 58.7 Å². The first-order chi connectivity index (χ1) is 11.9. The van der Waals surface area contributed by atoms with Crippen molar-refractivity contribution >= 4 is 20.2 Å². The molecule has 0 aliphatic heterocycles. The molecule has 1 atom stereocenters. The minimum atomic E-state index is -4.41. The molecular formula is C18H22O6S2. The van der Waals surface area contributed by atoms with Crippen LogP contribution in [0.15, 0.2) is 46.2 Å². The third-order valence-corrected chi connectivity index (χ3v) is 6.22. The molecule has 0 saturated carbocycles. The van der Waals surface area contributed by atoms with E-state index >= 15 is 0 Å². The van der Waals surface area contributed by atoms with Gasteiger partial charge in [0.1, 0.15) is 0 Å². The van der Waals surface area contributed by atoms with Crippen molar-refractivity contribution in [2.45, 2.75) is 49.3 Å². The van der Waals surface area contributed by atoms with Gasteiger partial charge >= 0.3 is 0 Å². The van der Waals surface area contributed by atoms with Crippen LogP contribution >= 0.6 is 0 Å². The molecule has 6 nitrogen and oxygen atoms in total. The molecular weight excluding hydrogens is 376 g/mol. The maximum absolute atomic E-state index is 11.7. The molecule has 26 heavy (non-hydrogen) atoms. The Labute approximate surface area is 154 Å². The van der Waals surface area contributed by atoms with Gasteiger partial charge in [0.25, 0.3) is 20.2 Å². The van der Waals surface area contributed by atoms with Gasteiger partial charge in [-0.15, -0.1) is 0 Å². The Morgan fingerprint density at radius 1 is 0.846 bits per heavy atom. The van der Waals surface area contributed by atoms with Crippen LogP contribution in [0.25, 0.3) is 0 Å². The maximum Gasteiger partial charge on any atom is 0.294 e. The van der Waals surface area contributed by atoms with Crippen molar-refractivity contribution in [2.75, 3.05) is 0 Å². The topological polar surface area (TPSA) is 109 Å². The first kappa shape index (κ1) is 20.6. The minimum absolute atomic E-state index is 0.184. The van der Waals surface area contributed by atoms with Gasteiger partial charge in [-0.1, -0.05) is 42.3 Å². The molecule has 0 fully saturated rings. The summed E-state index contributed by atoms with van der Waals surface area (Å²) in [5.74, 6) is -0.353. The quantitative estimate of drug-likeness (QED) is 0.721. The van der Waals surface area contributed by atoms with Gasteiger partial charge in [0.05, 0.1) is 9.79 Å². The van der Waals surface area contributed by atoms with Crippen LogP contribution in [0.1, 0.15) is 41.5 Å². The Bertz CT molecular complexity index is 1020. The summed E-state index contributed by atoms with van der Waals surface area (Å²) >= 11 is 0. The van der Waals surface area contributed by atoms with Gasteiger partial charge in [-0.25, -0.2) is 0 Å². The normalized spacial score (nSPS) is 13.6. The third-order valence-electron chi connectivity index (χ3n) is 4.34. The first-order valence-corrected chi connectivity index (χ1v) is 11.0. The smallest absolute Gasteiger partial charge is 0.282 e. The van der Waals surface area contributed by atoms with E-state index in [0.29, 0.717) is 17.5 Å². The van der Waals surface area contributed by atoms with Crippen molar-refractivity contribution in [3.8, 4) is 0 Å². The number of aryl methyl sites for hydroxylation is 2. The van der Waals surface area contributed by atoms with E-state index in [1.54, 1.807) is 38.1 Å².